The van der Waals surface area contributed by atoms with Gasteiger partial charge in [0.25, 0.3) is 0 Å². The molecular weight excluding hydrogens is 202 g/mol. The van der Waals surface area contributed by atoms with E-state index in [0.717, 1.165) is 36.7 Å². The van der Waals surface area contributed by atoms with Gasteiger partial charge in [-0.1, -0.05) is 0 Å². The number of hydrogen-bond donors (Lipinski definition) is 1. The fourth-order valence-corrected chi connectivity index (χ4v) is 2.09. The second-order valence-electron chi connectivity index (χ2n) is 4.20. The van der Waals surface area contributed by atoms with Gasteiger partial charge in [-0.05, 0) is 19.4 Å². The second kappa shape index (κ2) is 4.70. The highest BCUT2D eigenvalue weighted by atomic mass is 16.5. The first-order chi connectivity index (χ1) is 7.72. The molecule has 0 aromatic carbocycles. The van der Waals surface area contributed by atoms with Crippen LogP contribution in [-0.4, -0.2) is 38.3 Å². The summed E-state index contributed by atoms with van der Waals surface area (Å²) in [5.74, 6) is 1.05. The molecule has 2 rings (SSSR count). The van der Waals surface area contributed by atoms with Crippen molar-refractivity contribution in [3.63, 3.8) is 0 Å². The van der Waals surface area contributed by atoms with E-state index in [1.54, 1.807) is 7.11 Å². The number of pyridine rings is 1. The summed E-state index contributed by atoms with van der Waals surface area (Å²) in [4.78, 5) is 6.84. The molecule has 0 spiro atoms. The van der Waals surface area contributed by atoms with Gasteiger partial charge in [-0.2, -0.15) is 0 Å². The van der Waals surface area contributed by atoms with Crippen LogP contribution in [-0.2, 0) is 4.74 Å². The summed E-state index contributed by atoms with van der Waals surface area (Å²) in [5, 5.41) is 3.16. The van der Waals surface area contributed by atoms with Crippen LogP contribution in [0.4, 0.5) is 11.5 Å². The Morgan fingerprint density at radius 3 is 2.94 bits per heavy atom. The lowest BCUT2D eigenvalue weighted by molar-refractivity contribution is 0.121. The van der Waals surface area contributed by atoms with E-state index in [2.05, 4.69) is 21.3 Å². The lowest BCUT2D eigenvalue weighted by atomic mass is 10.3. The normalized spacial score (nSPS) is 20.2. The molecule has 1 N–H and O–H groups in total. The molecule has 1 atom stereocenters. The average molecular weight is 221 g/mol. The number of rotatable bonds is 3. The van der Waals surface area contributed by atoms with Gasteiger partial charge in [0.1, 0.15) is 5.82 Å². The van der Waals surface area contributed by atoms with Gasteiger partial charge in [0, 0.05) is 44.7 Å². The maximum atomic E-state index is 5.36. The fraction of sp³-hybridized carbons (Fsp3) is 0.583. The number of methoxy groups -OCH3 is 1. The van der Waals surface area contributed by atoms with Crippen LogP contribution in [0, 0.1) is 6.92 Å². The number of ether oxygens (including phenoxy) is 1. The fourth-order valence-electron chi connectivity index (χ4n) is 2.09. The first kappa shape index (κ1) is 11.2. The molecule has 1 fully saturated rings. The average Bonchev–Trinajstić information content (AvgIpc) is 2.76. The SMILES string of the molecule is CNc1cc(C)nc(N2CC[C@H](OC)C2)c1. The highest BCUT2D eigenvalue weighted by Crippen LogP contribution is 2.23. The molecule has 1 saturated heterocycles. The lowest BCUT2D eigenvalue weighted by Crippen LogP contribution is -2.23. The van der Waals surface area contributed by atoms with Crippen molar-refractivity contribution in [2.45, 2.75) is 19.4 Å². The van der Waals surface area contributed by atoms with E-state index in [9.17, 15) is 0 Å². The highest BCUT2D eigenvalue weighted by molar-refractivity contribution is 5.55. The van der Waals surface area contributed by atoms with Crippen LogP contribution in [0.1, 0.15) is 12.1 Å². The number of aromatic nitrogens is 1. The van der Waals surface area contributed by atoms with Crippen molar-refractivity contribution in [2.24, 2.45) is 0 Å². The minimum absolute atomic E-state index is 0.348. The number of anilines is 2. The molecule has 0 amide bonds. The van der Waals surface area contributed by atoms with Crippen LogP contribution in [0.5, 0.6) is 0 Å². The molecule has 0 unspecified atom stereocenters. The number of aryl methyl sites for hydroxylation is 1. The molecule has 2 heterocycles. The zero-order valence-corrected chi connectivity index (χ0v) is 10.2. The zero-order chi connectivity index (χ0) is 11.5. The van der Waals surface area contributed by atoms with Crippen molar-refractivity contribution < 1.29 is 4.74 Å². The Kier molecular flexibility index (Phi) is 3.29. The van der Waals surface area contributed by atoms with Crippen LogP contribution >= 0.6 is 0 Å². The van der Waals surface area contributed by atoms with E-state index in [1.165, 1.54) is 0 Å². The lowest BCUT2D eigenvalue weighted by Gasteiger charge is -2.18. The first-order valence-corrected chi connectivity index (χ1v) is 5.67. The quantitative estimate of drug-likeness (QED) is 0.842. The Bertz CT molecular complexity index is 367. The van der Waals surface area contributed by atoms with E-state index in [-0.39, 0.29) is 0 Å². The van der Waals surface area contributed by atoms with Gasteiger partial charge in [-0.15, -0.1) is 0 Å². The molecule has 1 aliphatic rings. The van der Waals surface area contributed by atoms with Crippen LogP contribution in [0.25, 0.3) is 0 Å². The summed E-state index contributed by atoms with van der Waals surface area (Å²) in [5.41, 5.74) is 2.16. The molecule has 0 bridgehead atoms. The van der Waals surface area contributed by atoms with Crippen molar-refractivity contribution in [3.05, 3.63) is 17.8 Å². The molecule has 1 aromatic rings. The third-order valence-corrected chi connectivity index (χ3v) is 3.03. The minimum Gasteiger partial charge on any atom is -0.388 e. The van der Waals surface area contributed by atoms with Gasteiger partial charge < -0.3 is 15.0 Å². The van der Waals surface area contributed by atoms with E-state index >= 15 is 0 Å². The first-order valence-electron chi connectivity index (χ1n) is 5.67. The Hall–Kier alpha value is -1.29. The molecule has 88 valence electrons. The van der Waals surface area contributed by atoms with Crippen molar-refractivity contribution in [3.8, 4) is 0 Å². The Morgan fingerprint density at radius 2 is 2.31 bits per heavy atom. The molecule has 0 radical (unpaired) electrons. The van der Waals surface area contributed by atoms with Gasteiger partial charge in [0.2, 0.25) is 0 Å². The minimum atomic E-state index is 0.348. The molecule has 4 nitrogen and oxygen atoms in total. The highest BCUT2D eigenvalue weighted by Gasteiger charge is 2.23. The monoisotopic (exact) mass is 221 g/mol. The Labute approximate surface area is 96.6 Å². The van der Waals surface area contributed by atoms with Crippen molar-refractivity contribution in [1.29, 1.82) is 0 Å². The maximum absolute atomic E-state index is 5.36. The number of nitrogens with one attached hydrogen (secondary N) is 1. The predicted molar refractivity (Wildman–Crippen MR) is 66.1 cm³/mol. The van der Waals surface area contributed by atoms with Crippen LogP contribution in [0.3, 0.4) is 0 Å². The van der Waals surface area contributed by atoms with E-state index in [4.69, 9.17) is 4.74 Å². The topological polar surface area (TPSA) is 37.4 Å². The zero-order valence-electron chi connectivity index (χ0n) is 10.2. The van der Waals surface area contributed by atoms with Crippen LogP contribution in [0.2, 0.25) is 0 Å². The van der Waals surface area contributed by atoms with Gasteiger partial charge in [-0.3, -0.25) is 0 Å². The van der Waals surface area contributed by atoms with Gasteiger partial charge >= 0.3 is 0 Å². The van der Waals surface area contributed by atoms with Crippen molar-refractivity contribution >= 4 is 11.5 Å². The molecule has 16 heavy (non-hydrogen) atoms. The predicted octanol–water partition coefficient (Wildman–Crippen LogP) is 1.66. The molecule has 0 saturated carbocycles. The van der Waals surface area contributed by atoms with Gasteiger partial charge in [0.15, 0.2) is 0 Å². The summed E-state index contributed by atoms with van der Waals surface area (Å²) >= 11 is 0. The number of nitrogens with zero attached hydrogens (tertiary/aromatic N) is 2. The van der Waals surface area contributed by atoms with Crippen LogP contribution < -0.4 is 10.2 Å². The number of hydrogen-bond acceptors (Lipinski definition) is 4. The van der Waals surface area contributed by atoms with E-state index in [0.29, 0.717) is 6.10 Å². The van der Waals surface area contributed by atoms with E-state index < -0.39 is 0 Å². The molecule has 1 aliphatic heterocycles. The van der Waals surface area contributed by atoms with Crippen LogP contribution in [0.15, 0.2) is 12.1 Å². The van der Waals surface area contributed by atoms with E-state index in [1.807, 2.05) is 20.0 Å². The second-order valence-corrected chi connectivity index (χ2v) is 4.20. The maximum Gasteiger partial charge on any atom is 0.130 e. The van der Waals surface area contributed by atoms with Gasteiger partial charge in [0.05, 0.1) is 6.10 Å². The summed E-state index contributed by atoms with van der Waals surface area (Å²) in [6.07, 6.45) is 1.43. The summed E-state index contributed by atoms with van der Waals surface area (Å²) in [7, 11) is 3.71. The Balaban J connectivity index is 2.17. The molecule has 4 heteroatoms. The third-order valence-electron chi connectivity index (χ3n) is 3.03. The largest absolute Gasteiger partial charge is 0.388 e. The standard InChI is InChI=1S/C12H19N3O/c1-9-6-10(13-2)7-12(14-9)15-5-4-11(8-15)16-3/h6-7,11H,4-5,8H2,1-3H3,(H,13,14)/t11-/m0/s1. The third kappa shape index (κ3) is 2.27. The molecule has 1 aromatic heterocycles. The summed E-state index contributed by atoms with van der Waals surface area (Å²) in [6, 6.07) is 4.14. The molecular formula is C12H19N3O. The smallest absolute Gasteiger partial charge is 0.130 e. The van der Waals surface area contributed by atoms with Crippen molar-refractivity contribution in [1.82, 2.24) is 4.98 Å². The Morgan fingerprint density at radius 1 is 1.50 bits per heavy atom. The van der Waals surface area contributed by atoms with Gasteiger partial charge in [-0.25, -0.2) is 4.98 Å². The van der Waals surface area contributed by atoms with Crippen molar-refractivity contribution in [2.75, 3.05) is 37.5 Å². The summed E-state index contributed by atoms with van der Waals surface area (Å²) in [6.45, 7) is 3.99. The summed E-state index contributed by atoms with van der Waals surface area (Å²) < 4.78 is 5.36. The molecule has 0 aliphatic carbocycles.